The van der Waals surface area contributed by atoms with E-state index in [1.165, 1.54) is 0 Å². The second-order valence-electron chi connectivity index (χ2n) is 5.11. The maximum atomic E-state index is 11.4. The van der Waals surface area contributed by atoms with Crippen LogP contribution < -0.4 is 5.32 Å². The molecule has 1 saturated heterocycles. The summed E-state index contributed by atoms with van der Waals surface area (Å²) in [6.07, 6.45) is -0.381. The summed E-state index contributed by atoms with van der Waals surface area (Å²) in [7, 11) is 0. The number of alkyl carbamates (subject to hydrolysis) is 1. The van der Waals surface area contributed by atoms with Crippen molar-refractivity contribution in [3.05, 3.63) is 34.3 Å². The molecule has 1 aromatic rings. The monoisotopic (exact) mass is 289 g/mol. The van der Waals surface area contributed by atoms with Crippen molar-refractivity contribution < 1.29 is 9.53 Å². The lowest BCUT2D eigenvalue weighted by molar-refractivity contribution is 0.0386. The summed E-state index contributed by atoms with van der Waals surface area (Å²) in [6, 6.07) is 5.65. The topological polar surface area (TPSA) is 38.3 Å². The van der Waals surface area contributed by atoms with E-state index in [4.69, 9.17) is 16.3 Å². The number of benzene rings is 1. The van der Waals surface area contributed by atoms with Crippen LogP contribution >= 0.6 is 24.0 Å². The van der Waals surface area contributed by atoms with Gasteiger partial charge in [-0.25, -0.2) is 4.79 Å². The van der Waals surface area contributed by atoms with E-state index in [0.29, 0.717) is 11.6 Å². The first kappa shape index (κ1) is 15.1. The Morgan fingerprint density at radius 3 is 2.72 bits per heavy atom. The number of amides is 1. The zero-order chi connectivity index (χ0) is 12.6. The van der Waals surface area contributed by atoms with Gasteiger partial charge in [-0.15, -0.1) is 12.4 Å². The van der Waals surface area contributed by atoms with Gasteiger partial charge in [0.2, 0.25) is 0 Å². The van der Waals surface area contributed by atoms with Crippen LogP contribution in [0.4, 0.5) is 4.79 Å². The highest BCUT2D eigenvalue weighted by Crippen LogP contribution is 2.40. The molecule has 1 fully saturated rings. The molecule has 1 N–H and O–H groups in total. The Hall–Kier alpha value is -0.930. The molecule has 18 heavy (non-hydrogen) atoms. The Balaban J connectivity index is 0.00000162. The van der Waals surface area contributed by atoms with Gasteiger partial charge in [0.05, 0.1) is 6.04 Å². The number of halogens is 2. The van der Waals surface area contributed by atoms with Gasteiger partial charge < -0.3 is 10.1 Å². The number of hydrogen-bond acceptors (Lipinski definition) is 2. The summed E-state index contributed by atoms with van der Waals surface area (Å²) >= 11 is 6.25. The van der Waals surface area contributed by atoms with Gasteiger partial charge in [-0.2, -0.15) is 0 Å². The van der Waals surface area contributed by atoms with Crippen molar-refractivity contribution in [2.24, 2.45) is 5.41 Å². The van der Waals surface area contributed by atoms with Crippen LogP contribution in [0.5, 0.6) is 0 Å². The highest BCUT2D eigenvalue weighted by Gasteiger charge is 2.39. The van der Waals surface area contributed by atoms with Crippen molar-refractivity contribution in [3.63, 3.8) is 0 Å². The first-order chi connectivity index (χ1) is 7.92. The fourth-order valence-electron chi connectivity index (χ4n) is 2.16. The smallest absolute Gasteiger partial charge is 0.407 e. The molecule has 0 radical (unpaired) electrons. The number of carbonyl (C=O) groups is 1. The van der Waals surface area contributed by atoms with Crippen LogP contribution in [0.2, 0.25) is 5.02 Å². The highest BCUT2D eigenvalue weighted by atomic mass is 35.5. The molecule has 0 unspecified atom stereocenters. The predicted octanol–water partition coefficient (Wildman–Crippen LogP) is 3.88. The number of ether oxygens (including phenoxy) is 1. The van der Waals surface area contributed by atoms with Crippen LogP contribution in [0, 0.1) is 12.3 Å². The van der Waals surface area contributed by atoms with E-state index in [1.54, 1.807) is 0 Å². The molecule has 0 saturated carbocycles. The molecule has 1 aliphatic rings. The maximum Gasteiger partial charge on any atom is 0.407 e. The van der Waals surface area contributed by atoms with E-state index >= 15 is 0 Å². The first-order valence-electron chi connectivity index (χ1n) is 5.60. The minimum absolute atomic E-state index is 0. The van der Waals surface area contributed by atoms with Crippen LogP contribution in [0.15, 0.2) is 18.2 Å². The van der Waals surface area contributed by atoms with Gasteiger partial charge in [0.25, 0.3) is 0 Å². The zero-order valence-electron chi connectivity index (χ0n) is 10.6. The third-order valence-corrected chi connectivity index (χ3v) is 3.51. The summed E-state index contributed by atoms with van der Waals surface area (Å²) in [5.41, 5.74) is 1.89. The molecular formula is C13H17Cl2NO2. The van der Waals surface area contributed by atoms with Crippen molar-refractivity contribution in [1.82, 2.24) is 5.32 Å². The largest absolute Gasteiger partial charge is 0.449 e. The molecule has 1 atom stereocenters. The molecule has 1 amide bonds. The average molecular weight is 290 g/mol. The van der Waals surface area contributed by atoms with Gasteiger partial charge >= 0.3 is 6.09 Å². The van der Waals surface area contributed by atoms with Gasteiger partial charge in [-0.1, -0.05) is 37.6 Å². The fourth-order valence-corrected chi connectivity index (χ4v) is 2.49. The Morgan fingerprint density at radius 2 is 2.11 bits per heavy atom. The molecule has 3 nitrogen and oxygen atoms in total. The summed E-state index contributed by atoms with van der Waals surface area (Å²) in [5.74, 6) is 0. The summed E-state index contributed by atoms with van der Waals surface area (Å²) in [4.78, 5) is 11.4. The lowest BCUT2D eigenvalue weighted by Gasteiger charge is -2.39. The maximum absolute atomic E-state index is 11.4. The van der Waals surface area contributed by atoms with Gasteiger partial charge in [-0.05, 0) is 24.1 Å². The second kappa shape index (κ2) is 5.37. The molecule has 0 spiro atoms. The van der Waals surface area contributed by atoms with E-state index in [-0.39, 0.29) is 30.0 Å². The molecule has 1 aliphatic heterocycles. The van der Waals surface area contributed by atoms with E-state index in [0.717, 1.165) is 11.1 Å². The van der Waals surface area contributed by atoms with Crippen molar-refractivity contribution in [2.45, 2.75) is 26.8 Å². The van der Waals surface area contributed by atoms with E-state index in [2.05, 4.69) is 19.2 Å². The fraction of sp³-hybridized carbons (Fsp3) is 0.462. The van der Waals surface area contributed by atoms with Gasteiger partial charge in [-0.3, -0.25) is 0 Å². The zero-order valence-corrected chi connectivity index (χ0v) is 12.2. The van der Waals surface area contributed by atoms with Crippen molar-refractivity contribution in [2.75, 3.05) is 6.61 Å². The molecule has 100 valence electrons. The summed E-state index contributed by atoms with van der Waals surface area (Å²) in [6.45, 7) is 6.51. The molecule has 0 aromatic heterocycles. The van der Waals surface area contributed by atoms with Crippen LogP contribution in [0.1, 0.15) is 31.0 Å². The highest BCUT2D eigenvalue weighted by molar-refractivity contribution is 6.31. The van der Waals surface area contributed by atoms with Crippen LogP contribution in [-0.2, 0) is 4.74 Å². The first-order valence-corrected chi connectivity index (χ1v) is 5.98. The predicted molar refractivity (Wildman–Crippen MR) is 74.4 cm³/mol. The van der Waals surface area contributed by atoms with Gasteiger partial charge in [0.1, 0.15) is 6.61 Å². The van der Waals surface area contributed by atoms with Crippen LogP contribution in [0.25, 0.3) is 0 Å². The number of hydrogen-bond donors (Lipinski definition) is 1. The molecule has 1 aromatic carbocycles. The molecule has 5 heteroatoms. The van der Waals surface area contributed by atoms with E-state index in [9.17, 15) is 4.79 Å². The quantitative estimate of drug-likeness (QED) is 0.852. The molecule has 0 bridgehead atoms. The third-order valence-electron chi connectivity index (χ3n) is 3.18. The minimum Gasteiger partial charge on any atom is -0.449 e. The Labute approximate surface area is 118 Å². The Bertz CT molecular complexity index is 440. The van der Waals surface area contributed by atoms with Crippen molar-refractivity contribution in [3.8, 4) is 0 Å². The SMILES string of the molecule is Cc1cccc(Cl)c1[C@@H]1NC(=O)OCC1(C)C.Cl. The number of cyclic esters (lactones) is 1. The number of nitrogens with one attached hydrogen (secondary N) is 1. The molecule has 0 aliphatic carbocycles. The summed E-state index contributed by atoms with van der Waals surface area (Å²) < 4.78 is 5.03. The average Bonchev–Trinajstić information content (AvgIpc) is 2.23. The normalized spacial score (nSPS) is 21.6. The lowest BCUT2D eigenvalue weighted by atomic mass is 9.79. The van der Waals surface area contributed by atoms with Gasteiger partial charge in [0, 0.05) is 10.4 Å². The number of carbonyl (C=O) groups excluding carboxylic acids is 1. The standard InChI is InChI=1S/C13H16ClNO2.ClH/c1-8-5-4-6-9(14)10(8)11-13(2,3)7-17-12(16)15-11;/h4-6,11H,7H2,1-3H3,(H,15,16);1H/t11-;/m0./s1. The van der Waals surface area contributed by atoms with E-state index < -0.39 is 0 Å². The third kappa shape index (κ3) is 2.73. The molecule has 2 rings (SSSR count). The second-order valence-corrected chi connectivity index (χ2v) is 5.52. The van der Waals surface area contributed by atoms with Crippen molar-refractivity contribution >= 4 is 30.1 Å². The molecule has 1 heterocycles. The van der Waals surface area contributed by atoms with Crippen LogP contribution in [-0.4, -0.2) is 12.7 Å². The lowest BCUT2D eigenvalue weighted by Crippen LogP contribution is -2.47. The Morgan fingerprint density at radius 1 is 1.44 bits per heavy atom. The molecular weight excluding hydrogens is 273 g/mol. The van der Waals surface area contributed by atoms with Crippen molar-refractivity contribution in [1.29, 1.82) is 0 Å². The Kier molecular flexibility index (Phi) is 4.51. The minimum atomic E-state index is -0.381. The number of aryl methyl sites for hydroxylation is 1. The van der Waals surface area contributed by atoms with Gasteiger partial charge in [0.15, 0.2) is 0 Å². The van der Waals surface area contributed by atoms with Crippen LogP contribution in [0.3, 0.4) is 0 Å². The van der Waals surface area contributed by atoms with E-state index in [1.807, 2.05) is 25.1 Å². The number of rotatable bonds is 1. The summed E-state index contributed by atoms with van der Waals surface area (Å²) in [5, 5.41) is 3.54.